The summed E-state index contributed by atoms with van der Waals surface area (Å²) >= 11 is -2.67. The molecule has 0 bridgehead atoms. The molecule has 3 rings (SSSR count). The number of halogens is 4. The second kappa shape index (κ2) is 11.3. The van der Waals surface area contributed by atoms with Gasteiger partial charge in [0.25, 0.3) is 0 Å². The number of hydrogen-bond donors (Lipinski definition) is 2. The molecule has 7 nitrogen and oxygen atoms in total. The molecule has 2 atom stereocenters. The SMILES string of the molecule is Cc1ccc(Nc2nc(C(F)(F)F)ccc2CNC(=O)C(C)c2ccc(N(C)S(=O)[O-])c(F)c2)cc1C. The maximum atomic E-state index is 14.4. The smallest absolute Gasteiger partial charge is 0.433 e. The number of amides is 1. The van der Waals surface area contributed by atoms with Crippen LogP contribution in [0.1, 0.15) is 40.8 Å². The molecule has 0 aliphatic rings. The predicted octanol–water partition coefficient (Wildman–Crippen LogP) is 5.25. The minimum absolute atomic E-state index is 0.0601. The molecule has 0 aliphatic carbocycles. The van der Waals surface area contributed by atoms with E-state index in [4.69, 9.17) is 0 Å². The van der Waals surface area contributed by atoms with Gasteiger partial charge in [0.15, 0.2) is 0 Å². The number of pyridine rings is 1. The molecule has 12 heteroatoms. The van der Waals surface area contributed by atoms with Gasteiger partial charge in [-0.15, -0.1) is 0 Å². The van der Waals surface area contributed by atoms with E-state index in [0.717, 1.165) is 23.3 Å². The Labute approximate surface area is 214 Å². The van der Waals surface area contributed by atoms with Crippen molar-refractivity contribution in [2.75, 3.05) is 16.7 Å². The Morgan fingerprint density at radius 3 is 2.41 bits per heavy atom. The number of hydrogen-bond acceptors (Lipinski definition) is 5. The van der Waals surface area contributed by atoms with Gasteiger partial charge in [-0.25, -0.2) is 9.37 Å². The topological polar surface area (TPSA) is 97.4 Å². The molecule has 0 aliphatic heterocycles. The minimum atomic E-state index is -4.65. The number of nitrogens with one attached hydrogen (secondary N) is 2. The summed E-state index contributed by atoms with van der Waals surface area (Å²) in [5.74, 6) is -2.22. The third-order valence-electron chi connectivity index (χ3n) is 5.92. The molecule has 1 amide bonds. The van der Waals surface area contributed by atoms with E-state index in [1.807, 2.05) is 19.9 Å². The fraction of sp³-hybridized carbons (Fsp3) is 0.280. The van der Waals surface area contributed by atoms with Gasteiger partial charge in [-0.3, -0.25) is 9.00 Å². The van der Waals surface area contributed by atoms with E-state index in [2.05, 4.69) is 15.6 Å². The van der Waals surface area contributed by atoms with Crippen LogP contribution in [0.5, 0.6) is 0 Å². The fourth-order valence-corrected chi connectivity index (χ4v) is 3.78. The molecule has 0 saturated heterocycles. The van der Waals surface area contributed by atoms with Gasteiger partial charge < -0.3 is 19.5 Å². The highest BCUT2D eigenvalue weighted by Gasteiger charge is 2.33. The standard InChI is InChI=1S/C25H26F4N4O3S/c1-14-5-8-19(11-15(14)2)31-23-18(7-10-22(32-23)25(27,28)29)13-30-24(34)16(3)17-6-9-21(20(26)12-17)33(4)37(35)36/h5-12,16H,13H2,1-4H3,(H,30,34)(H,31,32)(H,35,36)/p-1. The van der Waals surface area contributed by atoms with Crippen LogP contribution in [0.25, 0.3) is 0 Å². The monoisotopic (exact) mass is 537 g/mol. The van der Waals surface area contributed by atoms with E-state index in [1.165, 1.54) is 32.2 Å². The number of benzene rings is 2. The molecule has 3 aromatic rings. The zero-order valence-electron chi connectivity index (χ0n) is 20.4. The van der Waals surface area contributed by atoms with Crippen molar-refractivity contribution < 1.29 is 31.1 Å². The first-order chi connectivity index (χ1) is 17.3. The lowest BCUT2D eigenvalue weighted by Crippen LogP contribution is -2.28. The zero-order valence-corrected chi connectivity index (χ0v) is 21.3. The van der Waals surface area contributed by atoms with Crippen molar-refractivity contribution in [3.05, 3.63) is 82.3 Å². The molecule has 2 unspecified atom stereocenters. The van der Waals surface area contributed by atoms with Crippen LogP contribution in [0, 0.1) is 19.7 Å². The zero-order chi connectivity index (χ0) is 27.5. The average molecular weight is 538 g/mol. The molecule has 0 spiro atoms. The van der Waals surface area contributed by atoms with Crippen molar-refractivity contribution in [2.45, 2.75) is 39.4 Å². The highest BCUT2D eigenvalue weighted by Crippen LogP contribution is 2.31. The maximum absolute atomic E-state index is 14.4. The molecular weight excluding hydrogens is 512 g/mol. The summed E-state index contributed by atoms with van der Waals surface area (Å²) in [5.41, 5.74) is 1.84. The van der Waals surface area contributed by atoms with Crippen LogP contribution in [-0.2, 0) is 28.8 Å². The molecule has 1 heterocycles. The molecular formula is C25H25F4N4O3S-. The average Bonchev–Trinajstić information content (AvgIpc) is 2.83. The largest absolute Gasteiger partial charge is 0.755 e. The van der Waals surface area contributed by atoms with E-state index in [-0.39, 0.29) is 18.1 Å². The van der Waals surface area contributed by atoms with Crippen molar-refractivity contribution >= 4 is 34.4 Å². The highest BCUT2D eigenvalue weighted by atomic mass is 32.2. The summed E-state index contributed by atoms with van der Waals surface area (Å²) in [4.78, 5) is 16.5. The van der Waals surface area contributed by atoms with Crippen molar-refractivity contribution in [1.29, 1.82) is 0 Å². The van der Waals surface area contributed by atoms with Crippen molar-refractivity contribution in [1.82, 2.24) is 10.3 Å². The number of aromatic nitrogens is 1. The number of alkyl halides is 3. The molecule has 0 radical (unpaired) electrons. The van der Waals surface area contributed by atoms with Gasteiger partial charge in [-0.2, -0.15) is 13.2 Å². The normalized spacial score (nSPS) is 13.1. The first-order valence-electron chi connectivity index (χ1n) is 11.1. The molecule has 1 aromatic heterocycles. The number of carbonyl (C=O) groups excluding carboxylic acids is 1. The Bertz CT molecular complexity index is 1330. The molecule has 0 saturated carbocycles. The molecule has 2 aromatic carbocycles. The molecule has 0 fully saturated rings. The van der Waals surface area contributed by atoms with Crippen LogP contribution in [0.4, 0.5) is 34.8 Å². The van der Waals surface area contributed by atoms with E-state index >= 15 is 0 Å². The van der Waals surface area contributed by atoms with Crippen molar-refractivity contribution in [2.24, 2.45) is 0 Å². The second-order valence-corrected chi connectivity index (χ2v) is 9.47. The highest BCUT2D eigenvalue weighted by molar-refractivity contribution is 7.80. The number of anilines is 3. The lowest BCUT2D eigenvalue weighted by Gasteiger charge is -2.22. The Hall–Kier alpha value is -3.51. The third kappa shape index (κ3) is 6.83. The van der Waals surface area contributed by atoms with Gasteiger partial charge in [0.2, 0.25) is 5.91 Å². The maximum Gasteiger partial charge on any atom is 0.433 e. The summed E-state index contributed by atoms with van der Waals surface area (Å²) in [6.45, 7) is 5.17. The van der Waals surface area contributed by atoms with Crippen LogP contribution in [0.2, 0.25) is 0 Å². The van der Waals surface area contributed by atoms with Crippen LogP contribution >= 0.6 is 0 Å². The Kier molecular flexibility index (Phi) is 8.54. The number of rotatable bonds is 8. The number of aryl methyl sites for hydroxylation is 2. The van der Waals surface area contributed by atoms with Gasteiger partial charge in [0.1, 0.15) is 17.3 Å². The van der Waals surface area contributed by atoms with E-state index in [1.54, 1.807) is 12.1 Å². The first-order valence-corrected chi connectivity index (χ1v) is 12.1. The van der Waals surface area contributed by atoms with Crippen LogP contribution in [0.3, 0.4) is 0 Å². The van der Waals surface area contributed by atoms with Gasteiger partial charge in [0.05, 0.1) is 11.6 Å². The summed E-state index contributed by atoms with van der Waals surface area (Å²) in [6, 6.07) is 11.1. The fourth-order valence-electron chi connectivity index (χ4n) is 3.47. The summed E-state index contributed by atoms with van der Waals surface area (Å²) in [5, 5.41) is 5.55. The molecule has 198 valence electrons. The summed E-state index contributed by atoms with van der Waals surface area (Å²) in [6.07, 6.45) is -4.65. The van der Waals surface area contributed by atoms with E-state index < -0.39 is 40.8 Å². The van der Waals surface area contributed by atoms with Gasteiger partial charge in [-0.05, 0) is 67.8 Å². The van der Waals surface area contributed by atoms with Crippen molar-refractivity contribution in [3.8, 4) is 0 Å². The van der Waals surface area contributed by atoms with E-state index in [0.29, 0.717) is 21.1 Å². The van der Waals surface area contributed by atoms with Crippen LogP contribution in [0.15, 0.2) is 48.5 Å². The summed E-state index contributed by atoms with van der Waals surface area (Å²) < 4.78 is 77.2. The van der Waals surface area contributed by atoms with Crippen molar-refractivity contribution in [3.63, 3.8) is 0 Å². The lowest BCUT2D eigenvalue weighted by atomic mass is 9.99. The van der Waals surface area contributed by atoms with Gasteiger partial charge in [0, 0.05) is 36.1 Å². The van der Waals surface area contributed by atoms with Gasteiger partial charge >= 0.3 is 6.18 Å². The summed E-state index contributed by atoms with van der Waals surface area (Å²) in [7, 11) is 1.18. The molecule has 2 N–H and O–H groups in total. The van der Waals surface area contributed by atoms with E-state index in [9.17, 15) is 31.1 Å². The second-order valence-electron chi connectivity index (χ2n) is 8.49. The van der Waals surface area contributed by atoms with Crippen LogP contribution in [-0.4, -0.2) is 26.7 Å². The predicted molar refractivity (Wildman–Crippen MR) is 132 cm³/mol. The number of nitrogens with zero attached hydrogens (tertiary/aromatic N) is 2. The number of carbonyl (C=O) groups is 1. The first kappa shape index (κ1) is 28.1. The molecule has 37 heavy (non-hydrogen) atoms. The van der Waals surface area contributed by atoms with Crippen LogP contribution < -0.4 is 14.9 Å². The minimum Gasteiger partial charge on any atom is -0.755 e. The van der Waals surface area contributed by atoms with Gasteiger partial charge in [-0.1, -0.05) is 18.2 Å². The Morgan fingerprint density at radius 2 is 1.81 bits per heavy atom. The Morgan fingerprint density at radius 1 is 1.11 bits per heavy atom. The quantitative estimate of drug-likeness (QED) is 0.302. The Balaban J connectivity index is 1.80. The third-order valence-corrected chi connectivity index (χ3v) is 6.56. The lowest BCUT2D eigenvalue weighted by molar-refractivity contribution is -0.141.